The molecule has 1 atom stereocenters. The standard InChI is InChI=1S/C13H22N4OS/c1-11(19-2)10-14-13(18)16-8-4-12(5-9-16)17-7-3-6-15-17/h3,6-7,11-12H,4-5,8-10H2,1-2H3,(H,14,18)/t11-/m0/s1. The number of likely N-dealkylation sites (tertiary alicyclic amines) is 1. The first-order valence-electron chi connectivity index (χ1n) is 6.75. The molecule has 0 unspecified atom stereocenters. The molecular formula is C13H22N4OS. The van der Waals surface area contributed by atoms with E-state index in [0.29, 0.717) is 11.3 Å². The van der Waals surface area contributed by atoms with Gasteiger partial charge in [0.2, 0.25) is 0 Å². The summed E-state index contributed by atoms with van der Waals surface area (Å²) in [4.78, 5) is 13.9. The predicted molar refractivity (Wildman–Crippen MR) is 78.4 cm³/mol. The number of aromatic nitrogens is 2. The zero-order valence-electron chi connectivity index (χ0n) is 11.6. The van der Waals surface area contributed by atoms with Crippen LogP contribution in [-0.2, 0) is 0 Å². The lowest BCUT2D eigenvalue weighted by molar-refractivity contribution is 0.169. The van der Waals surface area contributed by atoms with Gasteiger partial charge in [-0.2, -0.15) is 16.9 Å². The van der Waals surface area contributed by atoms with Crippen LogP contribution >= 0.6 is 11.8 Å². The molecule has 6 heteroatoms. The van der Waals surface area contributed by atoms with Crippen molar-refractivity contribution in [2.75, 3.05) is 25.9 Å². The molecular weight excluding hydrogens is 260 g/mol. The predicted octanol–water partition coefficient (Wildman–Crippen LogP) is 1.98. The molecule has 1 aliphatic rings. The Bertz CT molecular complexity index is 387. The van der Waals surface area contributed by atoms with Gasteiger partial charge >= 0.3 is 6.03 Å². The maximum absolute atomic E-state index is 12.0. The number of rotatable bonds is 4. The zero-order valence-corrected chi connectivity index (χ0v) is 12.4. The van der Waals surface area contributed by atoms with Crippen LogP contribution in [0, 0.1) is 0 Å². The molecule has 1 fully saturated rings. The maximum atomic E-state index is 12.0. The molecule has 0 aromatic carbocycles. The highest BCUT2D eigenvalue weighted by Crippen LogP contribution is 2.21. The number of nitrogens with zero attached hydrogens (tertiary/aromatic N) is 3. The van der Waals surface area contributed by atoms with Crippen LogP contribution in [0.5, 0.6) is 0 Å². The Morgan fingerprint density at radius 1 is 1.53 bits per heavy atom. The fraction of sp³-hybridized carbons (Fsp3) is 0.692. The lowest BCUT2D eigenvalue weighted by atomic mass is 10.1. The minimum atomic E-state index is 0.0693. The van der Waals surface area contributed by atoms with E-state index >= 15 is 0 Å². The Morgan fingerprint density at radius 2 is 2.26 bits per heavy atom. The second kappa shape index (κ2) is 6.84. The molecule has 1 N–H and O–H groups in total. The molecule has 0 spiro atoms. The number of carbonyl (C=O) groups is 1. The van der Waals surface area contributed by atoms with Gasteiger partial charge in [-0.25, -0.2) is 4.79 Å². The monoisotopic (exact) mass is 282 g/mol. The Hall–Kier alpha value is -1.17. The first-order valence-corrected chi connectivity index (χ1v) is 8.04. The van der Waals surface area contributed by atoms with E-state index in [1.54, 1.807) is 11.8 Å². The summed E-state index contributed by atoms with van der Waals surface area (Å²) in [5.74, 6) is 0. The van der Waals surface area contributed by atoms with Crippen molar-refractivity contribution in [2.45, 2.75) is 31.1 Å². The quantitative estimate of drug-likeness (QED) is 0.918. The van der Waals surface area contributed by atoms with Crippen LogP contribution < -0.4 is 5.32 Å². The molecule has 2 amide bonds. The fourth-order valence-electron chi connectivity index (χ4n) is 2.26. The Kier molecular flexibility index (Phi) is 5.13. The maximum Gasteiger partial charge on any atom is 0.317 e. The number of thioether (sulfide) groups is 1. The first-order chi connectivity index (χ1) is 9.20. The molecule has 1 aromatic rings. The van der Waals surface area contributed by atoms with Gasteiger partial charge < -0.3 is 10.2 Å². The number of carbonyl (C=O) groups excluding carboxylic acids is 1. The minimum Gasteiger partial charge on any atom is -0.337 e. The van der Waals surface area contributed by atoms with Gasteiger partial charge in [0.1, 0.15) is 0 Å². The van der Waals surface area contributed by atoms with Gasteiger partial charge in [0, 0.05) is 37.3 Å². The largest absolute Gasteiger partial charge is 0.337 e. The lowest BCUT2D eigenvalue weighted by Crippen LogP contribution is -2.46. The van der Waals surface area contributed by atoms with Crippen LogP contribution in [-0.4, -0.2) is 51.9 Å². The van der Waals surface area contributed by atoms with Crippen molar-refractivity contribution in [1.82, 2.24) is 20.0 Å². The van der Waals surface area contributed by atoms with E-state index in [-0.39, 0.29) is 6.03 Å². The van der Waals surface area contributed by atoms with Gasteiger partial charge in [0.25, 0.3) is 0 Å². The van der Waals surface area contributed by atoms with Gasteiger partial charge in [-0.1, -0.05) is 6.92 Å². The van der Waals surface area contributed by atoms with Gasteiger partial charge in [0.05, 0.1) is 6.04 Å². The second-order valence-electron chi connectivity index (χ2n) is 4.94. The fourth-order valence-corrected chi connectivity index (χ4v) is 2.51. The average molecular weight is 282 g/mol. The summed E-state index contributed by atoms with van der Waals surface area (Å²) in [6.07, 6.45) is 7.83. The number of amides is 2. The van der Waals surface area contributed by atoms with Crippen LogP contribution in [0.15, 0.2) is 18.5 Å². The third-order valence-corrected chi connectivity index (χ3v) is 4.57. The summed E-state index contributed by atoms with van der Waals surface area (Å²) >= 11 is 1.77. The summed E-state index contributed by atoms with van der Waals surface area (Å²) < 4.78 is 2.01. The molecule has 106 valence electrons. The number of hydrogen-bond acceptors (Lipinski definition) is 3. The van der Waals surface area contributed by atoms with Gasteiger partial charge in [0.15, 0.2) is 0 Å². The van der Waals surface area contributed by atoms with Crippen molar-refractivity contribution < 1.29 is 4.79 Å². The van der Waals surface area contributed by atoms with E-state index in [4.69, 9.17) is 0 Å². The van der Waals surface area contributed by atoms with E-state index in [1.807, 2.05) is 28.0 Å². The van der Waals surface area contributed by atoms with E-state index in [1.165, 1.54) is 0 Å². The highest BCUT2D eigenvalue weighted by atomic mass is 32.2. The molecule has 0 radical (unpaired) electrons. The Labute approximate surface area is 118 Å². The molecule has 2 rings (SSSR count). The molecule has 0 bridgehead atoms. The Morgan fingerprint density at radius 3 is 2.84 bits per heavy atom. The smallest absolute Gasteiger partial charge is 0.317 e. The number of hydrogen-bond donors (Lipinski definition) is 1. The summed E-state index contributed by atoms with van der Waals surface area (Å²) in [5.41, 5.74) is 0. The summed E-state index contributed by atoms with van der Waals surface area (Å²) in [5, 5.41) is 7.74. The van der Waals surface area contributed by atoms with E-state index in [2.05, 4.69) is 23.6 Å². The van der Waals surface area contributed by atoms with Crippen LogP contribution in [0.3, 0.4) is 0 Å². The van der Waals surface area contributed by atoms with Crippen molar-refractivity contribution in [3.8, 4) is 0 Å². The van der Waals surface area contributed by atoms with Crippen molar-refractivity contribution in [1.29, 1.82) is 0 Å². The third-order valence-electron chi connectivity index (χ3n) is 3.59. The number of urea groups is 1. The van der Waals surface area contributed by atoms with E-state index < -0.39 is 0 Å². The zero-order chi connectivity index (χ0) is 13.7. The average Bonchev–Trinajstić information content (AvgIpc) is 2.98. The van der Waals surface area contributed by atoms with Crippen LogP contribution in [0.25, 0.3) is 0 Å². The van der Waals surface area contributed by atoms with Crippen molar-refractivity contribution in [3.05, 3.63) is 18.5 Å². The van der Waals surface area contributed by atoms with Crippen molar-refractivity contribution in [3.63, 3.8) is 0 Å². The first kappa shape index (κ1) is 14.2. The SMILES string of the molecule is CS[C@@H](C)CNC(=O)N1CCC(n2cccn2)CC1. The minimum absolute atomic E-state index is 0.0693. The third kappa shape index (κ3) is 3.89. The number of piperidine rings is 1. The summed E-state index contributed by atoms with van der Waals surface area (Å²) in [6.45, 7) is 4.47. The molecule has 0 saturated carbocycles. The second-order valence-corrected chi connectivity index (χ2v) is 6.21. The number of nitrogens with one attached hydrogen (secondary N) is 1. The van der Waals surface area contributed by atoms with Gasteiger partial charge in [-0.15, -0.1) is 0 Å². The van der Waals surface area contributed by atoms with E-state index in [9.17, 15) is 4.79 Å². The Balaban J connectivity index is 1.75. The van der Waals surface area contributed by atoms with Gasteiger partial charge in [-0.3, -0.25) is 4.68 Å². The molecule has 5 nitrogen and oxygen atoms in total. The van der Waals surface area contributed by atoms with Crippen molar-refractivity contribution >= 4 is 17.8 Å². The normalized spacial score (nSPS) is 18.3. The molecule has 1 aliphatic heterocycles. The highest BCUT2D eigenvalue weighted by molar-refractivity contribution is 7.99. The van der Waals surface area contributed by atoms with Crippen LogP contribution in [0.2, 0.25) is 0 Å². The molecule has 1 aromatic heterocycles. The summed E-state index contributed by atoms with van der Waals surface area (Å²) in [7, 11) is 0. The summed E-state index contributed by atoms with van der Waals surface area (Å²) in [6, 6.07) is 2.45. The highest BCUT2D eigenvalue weighted by Gasteiger charge is 2.23. The van der Waals surface area contributed by atoms with Gasteiger partial charge in [-0.05, 0) is 25.2 Å². The van der Waals surface area contributed by atoms with E-state index in [0.717, 1.165) is 32.5 Å². The van der Waals surface area contributed by atoms with Crippen molar-refractivity contribution in [2.24, 2.45) is 0 Å². The molecule has 2 heterocycles. The topological polar surface area (TPSA) is 50.2 Å². The molecule has 1 saturated heterocycles. The molecule has 19 heavy (non-hydrogen) atoms. The van der Waals surface area contributed by atoms with Crippen LogP contribution in [0.4, 0.5) is 4.79 Å². The molecule has 0 aliphatic carbocycles. The van der Waals surface area contributed by atoms with Crippen LogP contribution in [0.1, 0.15) is 25.8 Å². The lowest BCUT2D eigenvalue weighted by Gasteiger charge is -2.32.